The number of hydrogen-bond donors (Lipinski definition) is 2. The van der Waals surface area contributed by atoms with Crippen molar-refractivity contribution in [1.29, 1.82) is 0 Å². The second-order valence-corrected chi connectivity index (χ2v) is 14.7. The third-order valence-corrected chi connectivity index (χ3v) is 11.3. The summed E-state index contributed by atoms with van der Waals surface area (Å²) in [5.74, 6) is 0. The first kappa shape index (κ1) is 21.5. The number of hydrogen-bond acceptors (Lipinski definition) is 5. The fourth-order valence-corrected chi connectivity index (χ4v) is 5.35. The van der Waals surface area contributed by atoms with Crippen LogP contribution in [0.2, 0.25) is 18.1 Å². The topological polar surface area (TPSA) is 93.6 Å². The van der Waals surface area contributed by atoms with Gasteiger partial charge in [0.25, 0.3) is 5.56 Å². The average molecular weight is 411 g/mol. The maximum atomic E-state index is 12.4. The Morgan fingerprint density at radius 3 is 2.46 bits per heavy atom. The number of aromatic nitrogens is 2. The number of aliphatic hydroxyl groups is 1. The van der Waals surface area contributed by atoms with Crippen LogP contribution in [0.5, 0.6) is 0 Å². The number of aryl methyl sites for hydroxylation is 1. The molecule has 2 fully saturated rings. The van der Waals surface area contributed by atoms with Crippen molar-refractivity contribution in [2.45, 2.75) is 102 Å². The molecule has 1 aromatic heterocycles. The van der Waals surface area contributed by atoms with Gasteiger partial charge in [0.2, 0.25) is 0 Å². The third kappa shape index (κ3) is 3.92. The zero-order valence-corrected chi connectivity index (χ0v) is 18.9. The molecular weight excluding hydrogens is 376 g/mol. The Labute approximate surface area is 167 Å². The summed E-state index contributed by atoms with van der Waals surface area (Å²) in [6.45, 7) is 12.6. The minimum Gasteiger partial charge on any atom is -0.411 e. The van der Waals surface area contributed by atoms with Crippen LogP contribution in [-0.2, 0) is 9.16 Å². The molecule has 0 radical (unpaired) electrons. The van der Waals surface area contributed by atoms with E-state index in [9.17, 15) is 14.7 Å². The zero-order chi connectivity index (χ0) is 20.9. The van der Waals surface area contributed by atoms with Gasteiger partial charge in [0.05, 0.1) is 11.7 Å². The van der Waals surface area contributed by atoms with E-state index in [0.717, 1.165) is 12.8 Å². The van der Waals surface area contributed by atoms with Gasteiger partial charge in [-0.05, 0) is 37.9 Å². The van der Waals surface area contributed by atoms with Gasteiger partial charge in [-0.15, -0.1) is 0 Å². The van der Waals surface area contributed by atoms with E-state index in [-0.39, 0.29) is 16.7 Å². The highest BCUT2D eigenvalue weighted by molar-refractivity contribution is 6.74. The Kier molecular flexibility index (Phi) is 5.55. The molecule has 1 unspecified atom stereocenters. The van der Waals surface area contributed by atoms with Crippen molar-refractivity contribution in [3.05, 3.63) is 32.6 Å². The summed E-state index contributed by atoms with van der Waals surface area (Å²) >= 11 is 0. The van der Waals surface area contributed by atoms with Crippen LogP contribution in [-0.4, -0.2) is 40.8 Å². The van der Waals surface area contributed by atoms with Crippen molar-refractivity contribution in [1.82, 2.24) is 9.55 Å². The first-order valence-corrected chi connectivity index (χ1v) is 13.1. The highest BCUT2D eigenvalue weighted by Gasteiger charge is 2.53. The maximum Gasteiger partial charge on any atom is 0.330 e. The second-order valence-electron chi connectivity index (χ2n) is 9.95. The molecular formula is C20H34N2O5Si. The lowest BCUT2D eigenvalue weighted by molar-refractivity contribution is -0.135. The van der Waals surface area contributed by atoms with Crippen LogP contribution in [0, 0.1) is 6.92 Å². The number of aromatic amines is 1. The molecule has 1 aliphatic heterocycles. The van der Waals surface area contributed by atoms with E-state index in [2.05, 4.69) is 38.8 Å². The van der Waals surface area contributed by atoms with Crippen molar-refractivity contribution in [3.63, 3.8) is 0 Å². The summed E-state index contributed by atoms with van der Waals surface area (Å²) in [5.41, 5.74) is -1.36. The normalized spacial score (nSPS) is 28.0. The Hall–Kier alpha value is -1.22. The van der Waals surface area contributed by atoms with E-state index >= 15 is 0 Å². The number of H-pyrrole nitrogens is 1. The number of rotatable bonds is 4. The van der Waals surface area contributed by atoms with Crippen LogP contribution in [0.3, 0.4) is 0 Å². The summed E-state index contributed by atoms with van der Waals surface area (Å²) in [6, 6.07) is 0. The molecule has 158 valence electrons. The predicted octanol–water partition coefficient (Wildman–Crippen LogP) is 2.83. The molecule has 2 N–H and O–H groups in total. The van der Waals surface area contributed by atoms with Crippen LogP contribution < -0.4 is 11.2 Å². The SMILES string of the molecule is Cc1cn([C@H]2CC(O[Si](C)(C)C(C)(C)C)[C@@H](C3(O)CCCC3)O2)c(=O)[nH]c1=O. The van der Waals surface area contributed by atoms with Crippen molar-refractivity contribution in [3.8, 4) is 0 Å². The molecule has 2 heterocycles. The molecule has 2 aliphatic rings. The number of nitrogens with one attached hydrogen (secondary N) is 1. The van der Waals surface area contributed by atoms with E-state index in [1.54, 1.807) is 6.92 Å². The number of nitrogens with zero attached hydrogens (tertiary/aromatic N) is 1. The Bertz CT molecular complexity index is 832. The van der Waals surface area contributed by atoms with Gasteiger partial charge in [-0.3, -0.25) is 14.3 Å². The van der Waals surface area contributed by atoms with Gasteiger partial charge in [-0.2, -0.15) is 0 Å². The molecule has 8 heteroatoms. The van der Waals surface area contributed by atoms with Gasteiger partial charge < -0.3 is 14.3 Å². The van der Waals surface area contributed by atoms with Crippen molar-refractivity contribution < 1.29 is 14.3 Å². The van der Waals surface area contributed by atoms with Crippen molar-refractivity contribution >= 4 is 8.32 Å². The summed E-state index contributed by atoms with van der Waals surface area (Å²) < 4.78 is 14.4. The first-order chi connectivity index (χ1) is 12.8. The van der Waals surface area contributed by atoms with Crippen LogP contribution >= 0.6 is 0 Å². The van der Waals surface area contributed by atoms with Crippen LogP contribution in [0.15, 0.2) is 15.8 Å². The van der Waals surface area contributed by atoms with E-state index in [1.807, 2.05) is 0 Å². The number of ether oxygens (including phenoxy) is 1. The van der Waals surface area contributed by atoms with Crippen LogP contribution in [0.1, 0.15) is 64.7 Å². The zero-order valence-electron chi connectivity index (χ0n) is 17.9. The highest BCUT2D eigenvalue weighted by Crippen LogP contribution is 2.46. The summed E-state index contributed by atoms with van der Waals surface area (Å²) in [4.78, 5) is 26.4. The van der Waals surface area contributed by atoms with Gasteiger partial charge in [-0.1, -0.05) is 33.6 Å². The first-order valence-electron chi connectivity index (χ1n) is 10.2. The van der Waals surface area contributed by atoms with Crippen molar-refractivity contribution in [2.75, 3.05) is 0 Å². The monoisotopic (exact) mass is 410 g/mol. The highest BCUT2D eigenvalue weighted by atomic mass is 28.4. The van der Waals surface area contributed by atoms with Gasteiger partial charge in [0.1, 0.15) is 12.3 Å². The minimum absolute atomic E-state index is 0.0271. The molecule has 1 aliphatic carbocycles. The Balaban J connectivity index is 1.94. The van der Waals surface area contributed by atoms with Gasteiger partial charge >= 0.3 is 5.69 Å². The molecule has 7 nitrogen and oxygen atoms in total. The van der Waals surface area contributed by atoms with Gasteiger partial charge in [0, 0.05) is 18.2 Å². The van der Waals surface area contributed by atoms with Gasteiger partial charge in [0.15, 0.2) is 8.32 Å². The fourth-order valence-electron chi connectivity index (χ4n) is 4.02. The quantitative estimate of drug-likeness (QED) is 0.745. The Morgan fingerprint density at radius 1 is 1.29 bits per heavy atom. The molecule has 0 bridgehead atoms. The molecule has 28 heavy (non-hydrogen) atoms. The minimum atomic E-state index is -2.10. The molecule has 3 atom stereocenters. The summed E-state index contributed by atoms with van der Waals surface area (Å²) in [7, 11) is -2.10. The fraction of sp³-hybridized carbons (Fsp3) is 0.800. The summed E-state index contributed by atoms with van der Waals surface area (Å²) in [6.07, 6.45) is 3.98. The lowest BCUT2D eigenvalue weighted by Gasteiger charge is -2.41. The lowest BCUT2D eigenvalue weighted by Crippen LogP contribution is -2.52. The standard InChI is InChI=1S/C20H34N2O5Si/c1-13-12-22(18(24)21-17(13)23)15-11-14(27-28(5,6)19(2,3)4)16(26-15)20(25)9-7-8-10-20/h12,14-16,25H,7-11H2,1-6H3,(H,21,23,24)/t14?,15-,16+/m1/s1. The summed E-state index contributed by atoms with van der Waals surface area (Å²) in [5, 5.41) is 11.3. The second kappa shape index (κ2) is 7.23. The molecule has 0 amide bonds. The smallest absolute Gasteiger partial charge is 0.330 e. The van der Waals surface area contributed by atoms with Crippen LogP contribution in [0.25, 0.3) is 0 Å². The molecule has 1 saturated carbocycles. The molecule has 0 spiro atoms. The molecule has 0 aromatic carbocycles. The largest absolute Gasteiger partial charge is 0.411 e. The maximum absolute atomic E-state index is 12.4. The predicted molar refractivity (Wildman–Crippen MR) is 110 cm³/mol. The van der Waals surface area contributed by atoms with Gasteiger partial charge in [-0.25, -0.2) is 4.79 Å². The van der Waals surface area contributed by atoms with Crippen LogP contribution in [0.4, 0.5) is 0 Å². The molecule has 3 rings (SSSR count). The van der Waals surface area contributed by atoms with Crippen molar-refractivity contribution in [2.24, 2.45) is 0 Å². The average Bonchev–Trinajstić information content (AvgIpc) is 3.17. The van der Waals surface area contributed by atoms with E-state index < -0.39 is 31.9 Å². The Morgan fingerprint density at radius 2 is 1.89 bits per heavy atom. The molecule has 1 aromatic rings. The van der Waals surface area contributed by atoms with E-state index in [1.165, 1.54) is 10.8 Å². The third-order valence-electron chi connectivity index (χ3n) is 6.78. The van der Waals surface area contributed by atoms with E-state index in [4.69, 9.17) is 9.16 Å². The molecule has 1 saturated heterocycles. The lowest BCUT2D eigenvalue weighted by atomic mass is 9.91. The van der Waals surface area contributed by atoms with E-state index in [0.29, 0.717) is 24.8 Å².